The Labute approximate surface area is 100 Å². The summed E-state index contributed by atoms with van der Waals surface area (Å²) < 4.78 is 13.6. The molecule has 2 nitrogen and oxygen atoms in total. The van der Waals surface area contributed by atoms with Gasteiger partial charge in [-0.3, -0.25) is 0 Å². The Hall–Kier alpha value is -2.03. The summed E-state index contributed by atoms with van der Waals surface area (Å²) in [7, 11) is 0. The zero-order valence-electron chi connectivity index (χ0n) is 9.92. The highest BCUT2D eigenvalue weighted by atomic mass is 19.1. The number of nitrogens with two attached hydrogens (primary N) is 1. The van der Waals surface area contributed by atoms with Gasteiger partial charge in [0.25, 0.3) is 0 Å². The minimum atomic E-state index is -0.268. The normalized spacial score (nSPS) is 10.3. The maximum absolute atomic E-state index is 13.6. The van der Waals surface area contributed by atoms with Crippen LogP contribution in [0.4, 0.5) is 21.5 Å². The molecule has 3 heteroatoms. The first-order valence-corrected chi connectivity index (χ1v) is 5.45. The van der Waals surface area contributed by atoms with Gasteiger partial charge in [0.15, 0.2) is 0 Å². The lowest BCUT2D eigenvalue weighted by Gasteiger charge is -2.10. The van der Waals surface area contributed by atoms with Crippen molar-refractivity contribution >= 4 is 17.1 Å². The predicted molar refractivity (Wildman–Crippen MR) is 70.0 cm³/mol. The molecule has 0 saturated heterocycles. The van der Waals surface area contributed by atoms with Gasteiger partial charge in [-0.25, -0.2) is 4.39 Å². The van der Waals surface area contributed by atoms with E-state index in [0.29, 0.717) is 11.4 Å². The summed E-state index contributed by atoms with van der Waals surface area (Å²) in [5, 5.41) is 3.04. The summed E-state index contributed by atoms with van der Waals surface area (Å²) in [4.78, 5) is 0. The summed E-state index contributed by atoms with van der Waals surface area (Å²) in [5.41, 5.74) is 9.73. The average Bonchev–Trinajstić information content (AvgIpc) is 2.22. The topological polar surface area (TPSA) is 38.0 Å². The Bertz CT molecular complexity index is 530. The molecule has 0 aliphatic rings. The maximum atomic E-state index is 13.6. The zero-order chi connectivity index (χ0) is 12.4. The van der Waals surface area contributed by atoms with Gasteiger partial charge in [-0.2, -0.15) is 0 Å². The van der Waals surface area contributed by atoms with Crippen LogP contribution in [0.2, 0.25) is 0 Å². The van der Waals surface area contributed by atoms with Gasteiger partial charge in [0, 0.05) is 11.4 Å². The van der Waals surface area contributed by atoms with E-state index < -0.39 is 0 Å². The third-order valence-electron chi connectivity index (χ3n) is 2.50. The molecule has 0 heterocycles. The molecule has 0 spiro atoms. The van der Waals surface area contributed by atoms with Crippen molar-refractivity contribution in [2.45, 2.75) is 13.8 Å². The minimum Gasteiger partial charge on any atom is -0.399 e. The first-order chi connectivity index (χ1) is 8.04. The largest absolute Gasteiger partial charge is 0.399 e. The molecule has 2 rings (SSSR count). The third kappa shape index (κ3) is 2.75. The monoisotopic (exact) mass is 230 g/mol. The lowest BCUT2D eigenvalue weighted by Crippen LogP contribution is -1.96. The minimum absolute atomic E-state index is 0.268. The molecular formula is C14H15FN2. The molecule has 0 aromatic heterocycles. The van der Waals surface area contributed by atoms with Gasteiger partial charge >= 0.3 is 0 Å². The van der Waals surface area contributed by atoms with Crippen LogP contribution in [0.1, 0.15) is 11.1 Å². The molecule has 3 N–H and O–H groups in total. The van der Waals surface area contributed by atoms with Crippen LogP contribution in [0.3, 0.4) is 0 Å². The third-order valence-corrected chi connectivity index (χ3v) is 2.50. The Morgan fingerprint density at radius 3 is 2.47 bits per heavy atom. The molecule has 0 bridgehead atoms. The van der Waals surface area contributed by atoms with Crippen LogP contribution in [0, 0.1) is 19.7 Å². The molecule has 0 saturated carbocycles. The highest BCUT2D eigenvalue weighted by Gasteiger charge is 2.03. The lowest BCUT2D eigenvalue weighted by atomic mass is 10.1. The summed E-state index contributed by atoms with van der Waals surface area (Å²) in [6.07, 6.45) is 0. The van der Waals surface area contributed by atoms with Crippen LogP contribution >= 0.6 is 0 Å². The van der Waals surface area contributed by atoms with Crippen LogP contribution in [0.15, 0.2) is 36.4 Å². The smallest absolute Gasteiger partial charge is 0.146 e. The van der Waals surface area contributed by atoms with Crippen LogP contribution < -0.4 is 11.1 Å². The van der Waals surface area contributed by atoms with Crippen LogP contribution in [0.5, 0.6) is 0 Å². The Morgan fingerprint density at radius 2 is 1.76 bits per heavy atom. The number of benzene rings is 2. The van der Waals surface area contributed by atoms with E-state index >= 15 is 0 Å². The first kappa shape index (κ1) is 11.5. The number of halogens is 1. The number of nitrogens with one attached hydrogen (secondary N) is 1. The first-order valence-electron chi connectivity index (χ1n) is 5.45. The second-order valence-electron chi connectivity index (χ2n) is 4.24. The summed E-state index contributed by atoms with van der Waals surface area (Å²) >= 11 is 0. The zero-order valence-corrected chi connectivity index (χ0v) is 9.92. The maximum Gasteiger partial charge on any atom is 0.146 e. The fourth-order valence-corrected chi connectivity index (χ4v) is 1.78. The number of anilines is 3. The van der Waals surface area contributed by atoms with E-state index in [4.69, 9.17) is 5.73 Å². The SMILES string of the molecule is Cc1cc(N)cc(Nc2cc(C)ccc2F)c1. The summed E-state index contributed by atoms with van der Waals surface area (Å²) in [5.74, 6) is -0.268. The van der Waals surface area contributed by atoms with Gasteiger partial charge in [0.05, 0.1) is 5.69 Å². The fraction of sp³-hybridized carbons (Fsp3) is 0.143. The van der Waals surface area contributed by atoms with E-state index in [9.17, 15) is 4.39 Å². The standard InChI is InChI=1S/C14H15FN2/c1-9-3-4-13(15)14(7-9)17-12-6-10(2)5-11(16)8-12/h3-8,17H,16H2,1-2H3. The van der Waals surface area contributed by atoms with Gasteiger partial charge < -0.3 is 11.1 Å². The van der Waals surface area contributed by atoms with Crippen molar-refractivity contribution in [1.82, 2.24) is 0 Å². The van der Waals surface area contributed by atoms with Crippen LogP contribution in [-0.2, 0) is 0 Å². The Balaban J connectivity index is 2.34. The molecule has 0 aliphatic carbocycles. The predicted octanol–water partition coefficient (Wildman–Crippen LogP) is 3.77. The van der Waals surface area contributed by atoms with Gasteiger partial charge in [-0.05, 0) is 55.3 Å². The van der Waals surface area contributed by atoms with E-state index in [0.717, 1.165) is 16.8 Å². The van der Waals surface area contributed by atoms with Crippen molar-refractivity contribution in [3.05, 3.63) is 53.3 Å². The molecular weight excluding hydrogens is 215 g/mol. The lowest BCUT2D eigenvalue weighted by molar-refractivity contribution is 0.631. The van der Waals surface area contributed by atoms with Gasteiger partial charge in [-0.15, -0.1) is 0 Å². The molecule has 17 heavy (non-hydrogen) atoms. The van der Waals surface area contributed by atoms with Gasteiger partial charge in [0.2, 0.25) is 0 Å². The van der Waals surface area contributed by atoms with E-state index in [-0.39, 0.29) is 5.82 Å². The molecule has 88 valence electrons. The average molecular weight is 230 g/mol. The van der Waals surface area contributed by atoms with Gasteiger partial charge in [0.1, 0.15) is 5.82 Å². The van der Waals surface area contributed by atoms with Crippen LogP contribution in [-0.4, -0.2) is 0 Å². The molecule has 0 unspecified atom stereocenters. The number of nitrogen functional groups attached to an aromatic ring is 1. The van der Waals surface area contributed by atoms with Crippen molar-refractivity contribution in [2.75, 3.05) is 11.1 Å². The Morgan fingerprint density at radius 1 is 1.00 bits per heavy atom. The van der Waals surface area contributed by atoms with E-state index in [1.54, 1.807) is 18.2 Å². The fourth-order valence-electron chi connectivity index (χ4n) is 1.78. The van der Waals surface area contributed by atoms with E-state index in [1.807, 2.05) is 26.0 Å². The van der Waals surface area contributed by atoms with Crippen molar-refractivity contribution in [2.24, 2.45) is 0 Å². The number of aryl methyl sites for hydroxylation is 2. The molecule has 0 fully saturated rings. The van der Waals surface area contributed by atoms with Crippen molar-refractivity contribution in [1.29, 1.82) is 0 Å². The molecule has 2 aromatic rings. The quantitative estimate of drug-likeness (QED) is 0.771. The molecule has 0 radical (unpaired) electrons. The van der Waals surface area contributed by atoms with Crippen molar-refractivity contribution in [3.8, 4) is 0 Å². The molecule has 0 amide bonds. The number of hydrogen-bond donors (Lipinski definition) is 2. The molecule has 0 atom stereocenters. The summed E-state index contributed by atoms with van der Waals surface area (Å²) in [6, 6.07) is 10.6. The van der Waals surface area contributed by atoms with Crippen molar-refractivity contribution in [3.63, 3.8) is 0 Å². The number of rotatable bonds is 2. The highest BCUT2D eigenvalue weighted by Crippen LogP contribution is 2.23. The molecule has 2 aromatic carbocycles. The van der Waals surface area contributed by atoms with E-state index in [2.05, 4.69) is 5.32 Å². The van der Waals surface area contributed by atoms with Gasteiger partial charge in [-0.1, -0.05) is 6.07 Å². The van der Waals surface area contributed by atoms with E-state index in [1.165, 1.54) is 6.07 Å². The molecule has 0 aliphatic heterocycles. The second kappa shape index (κ2) is 4.45. The second-order valence-corrected chi connectivity index (χ2v) is 4.24. The Kier molecular flexibility index (Phi) is 3.00. The summed E-state index contributed by atoms with van der Waals surface area (Å²) in [6.45, 7) is 3.88. The number of hydrogen-bond acceptors (Lipinski definition) is 2. The van der Waals surface area contributed by atoms with Crippen molar-refractivity contribution < 1.29 is 4.39 Å². The highest BCUT2D eigenvalue weighted by molar-refractivity contribution is 5.65. The van der Waals surface area contributed by atoms with Crippen LogP contribution in [0.25, 0.3) is 0 Å².